The molecule has 0 spiro atoms. The van der Waals surface area contributed by atoms with Gasteiger partial charge >= 0.3 is 7.60 Å². The number of rotatable bonds is 7. The number of anilines is 1. The molecule has 11 nitrogen and oxygen atoms in total. The van der Waals surface area contributed by atoms with Gasteiger partial charge in [-0.3, -0.25) is 9.13 Å². The maximum atomic E-state index is 11.2. The molecule has 32 heavy (non-hydrogen) atoms. The Morgan fingerprint density at radius 2 is 1.91 bits per heavy atom. The van der Waals surface area contributed by atoms with E-state index in [4.69, 9.17) is 37.7 Å². The quantitative estimate of drug-likeness (QED) is 0.237. The first-order chi connectivity index (χ1) is 15.1. The van der Waals surface area contributed by atoms with Crippen LogP contribution in [-0.2, 0) is 15.8 Å². The summed E-state index contributed by atoms with van der Waals surface area (Å²) in [7, 11) is -4.28. The van der Waals surface area contributed by atoms with Gasteiger partial charge in [0.15, 0.2) is 23.2 Å². The summed E-state index contributed by atoms with van der Waals surface area (Å²) in [5, 5.41) is 24.4. The number of halogens is 2. The topological polar surface area (TPSA) is 163 Å². The summed E-state index contributed by atoms with van der Waals surface area (Å²) in [4.78, 5) is 30.8. The van der Waals surface area contributed by atoms with E-state index < -0.39 is 38.3 Å². The van der Waals surface area contributed by atoms with E-state index in [-0.39, 0.29) is 17.4 Å². The number of hydrogen-bond donors (Lipinski definition) is 5. The summed E-state index contributed by atoms with van der Waals surface area (Å²) < 4.78 is 18.2. The maximum absolute atomic E-state index is 11.2. The van der Waals surface area contributed by atoms with E-state index in [9.17, 15) is 14.8 Å². The normalized spacial score (nSPS) is 23.7. The van der Waals surface area contributed by atoms with E-state index in [0.717, 1.165) is 5.56 Å². The maximum Gasteiger partial charge on any atom is 0.325 e. The number of fused-ring (bicyclic) bond motifs is 1. The Labute approximate surface area is 192 Å². The molecule has 4 atom stereocenters. The first kappa shape index (κ1) is 23.3. The first-order valence-corrected chi connectivity index (χ1v) is 12.1. The minimum absolute atomic E-state index is 0.0769. The van der Waals surface area contributed by atoms with Gasteiger partial charge in [0.05, 0.1) is 18.6 Å². The van der Waals surface area contributed by atoms with E-state index in [1.165, 1.54) is 10.9 Å². The van der Waals surface area contributed by atoms with E-state index in [0.29, 0.717) is 22.9 Å². The molecule has 2 unspecified atom stereocenters. The van der Waals surface area contributed by atoms with E-state index in [2.05, 4.69) is 20.3 Å². The van der Waals surface area contributed by atoms with E-state index in [1.807, 2.05) is 18.2 Å². The molecule has 3 aromatic rings. The summed E-state index contributed by atoms with van der Waals surface area (Å²) >= 11 is 12.3. The number of imidazole rings is 1. The molecule has 172 valence electrons. The van der Waals surface area contributed by atoms with Crippen molar-refractivity contribution in [3.63, 3.8) is 0 Å². The third kappa shape index (κ3) is 4.90. The molecular weight excluding hydrogens is 484 g/mol. The molecular formula is C18H20Cl2N5O6P. The van der Waals surface area contributed by atoms with Crippen LogP contribution in [0.5, 0.6) is 0 Å². The Morgan fingerprint density at radius 3 is 2.62 bits per heavy atom. The van der Waals surface area contributed by atoms with Crippen LogP contribution in [0.2, 0.25) is 10.3 Å². The predicted octanol–water partition coefficient (Wildman–Crippen LogP) is 1.93. The van der Waals surface area contributed by atoms with Gasteiger partial charge in [-0.05, 0) is 29.7 Å². The highest BCUT2D eigenvalue weighted by atomic mass is 35.5. The lowest BCUT2D eigenvalue weighted by Crippen LogP contribution is -2.31. The Balaban J connectivity index is 1.59. The average molecular weight is 504 g/mol. The summed E-state index contributed by atoms with van der Waals surface area (Å²) in [6.45, 7) is 0.348. The lowest BCUT2D eigenvalue weighted by molar-refractivity contribution is -0.0355. The number of ether oxygens (including phenoxy) is 1. The van der Waals surface area contributed by atoms with Crippen LogP contribution in [0.1, 0.15) is 18.2 Å². The SMILES string of the molecule is O=P(O)(O)CC[C@H]1O[C@@H](n2cnc3c(NCc4ccccc4Cl)nc(Cl)nc32)C(O)C1O. The molecule has 1 aromatic carbocycles. The Morgan fingerprint density at radius 1 is 1.16 bits per heavy atom. The number of aliphatic hydroxyl groups is 2. The third-order valence-electron chi connectivity index (χ3n) is 5.11. The van der Waals surface area contributed by atoms with Crippen molar-refractivity contribution in [2.75, 3.05) is 11.5 Å². The molecule has 4 rings (SSSR count). The van der Waals surface area contributed by atoms with Crippen molar-refractivity contribution in [3.05, 3.63) is 46.5 Å². The second kappa shape index (κ2) is 9.20. The molecule has 14 heteroatoms. The molecule has 0 bridgehead atoms. The molecule has 1 saturated heterocycles. The van der Waals surface area contributed by atoms with Gasteiger partial charge in [0.25, 0.3) is 0 Å². The molecule has 5 N–H and O–H groups in total. The number of nitrogens with zero attached hydrogens (tertiary/aromatic N) is 4. The van der Waals surface area contributed by atoms with Crippen LogP contribution >= 0.6 is 30.8 Å². The second-order valence-electron chi connectivity index (χ2n) is 7.33. The van der Waals surface area contributed by atoms with Crippen LogP contribution < -0.4 is 5.32 Å². The monoisotopic (exact) mass is 503 g/mol. The van der Waals surface area contributed by atoms with Crippen LogP contribution in [0.4, 0.5) is 5.82 Å². The minimum Gasteiger partial charge on any atom is -0.388 e. The molecule has 3 heterocycles. The molecule has 1 fully saturated rings. The molecule has 1 aliphatic rings. The molecule has 1 aliphatic heterocycles. The van der Waals surface area contributed by atoms with E-state index >= 15 is 0 Å². The zero-order chi connectivity index (χ0) is 23.0. The number of hydrogen-bond acceptors (Lipinski definition) is 8. The van der Waals surface area contributed by atoms with Crippen LogP contribution in [0.3, 0.4) is 0 Å². The van der Waals surface area contributed by atoms with Crippen molar-refractivity contribution in [2.45, 2.75) is 37.5 Å². The van der Waals surface area contributed by atoms with Gasteiger partial charge < -0.3 is 30.1 Å². The fraction of sp³-hybridized carbons (Fsp3) is 0.389. The Kier molecular flexibility index (Phi) is 6.71. The lowest BCUT2D eigenvalue weighted by atomic mass is 10.1. The first-order valence-electron chi connectivity index (χ1n) is 9.57. The van der Waals surface area contributed by atoms with Crippen LogP contribution in [-0.4, -0.2) is 64.0 Å². The van der Waals surface area contributed by atoms with Gasteiger partial charge in [-0.25, -0.2) is 4.98 Å². The molecule has 0 amide bonds. The van der Waals surface area contributed by atoms with Gasteiger partial charge in [0.1, 0.15) is 12.2 Å². The molecule has 0 aliphatic carbocycles. The van der Waals surface area contributed by atoms with Crippen LogP contribution in [0.25, 0.3) is 11.2 Å². The summed E-state index contributed by atoms with van der Waals surface area (Å²) in [5.74, 6) is 0.338. The Bertz CT molecular complexity index is 1170. The summed E-state index contributed by atoms with van der Waals surface area (Å²) in [6, 6.07) is 7.30. The minimum atomic E-state index is -4.28. The second-order valence-corrected chi connectivity index (χ2v) is 9.86. The van der Waals surface area contributed by atoms with Crippen LogP contribution in [0, 0.1) is 0 Å². The summed E-state index contributed by atoms with van der Waals surface area (Å²) in [5.41, 5.74) is 1.44. The van der Waals surface area contributed by atoms with Crippen molar-refractivity contribution >= 4 is 47.8 Å². The van der Waals surface area contributed by atoms with Gasteiger partial charge in [-0.2, -0.15) is 9.97 Å². The number of aliphatic hydroxyl groups excluding tert-OH is 2. The highest BCUT2D eigenvalue weighted by molar-refractivity contribution is 7.51. The van der Waals surface area contributed by atoms with Crippen LogP contribution in [0.15, 0.2) is 30.6 Å². The lowest BCUT2D eigenvalue weighted by Gasteiger charge is -2.17. The van der Waals surface area contributed by atoms with Crippen molar-refractivity contribution in [3.8, 4) is 0 Å². The van der Waals surface area contributed by atoms with Crippen molar-refractivity contribution in [1.82, 2.24) is 19.5 Å². The third-order valence-corrected chi connectivity index (χ3v) is 6.49. The zero-order valence-electron chi connectivity index (χ0n) is 16.4. The molecule has 2 aromatic heterocycles. The van der Waals surface area contributed by atoms with Crippen molar-refractivity contribution < 1.29 is 29.3 Å². The predicted molar refractivity (Wildman–Crippen MR) is 117 cm³/mol. The van der Waals surface area contributed by atoms with Gasteiger partial charge in [0.2, 0.25) is 5.28 Å². The number of benzene rings is 1. The van der Waals surface area contributed by atoms with Gasteiger partial charge in [-0.15, -0.1) is 0 Å². The summed E-state index contributed by atoms with van der Waals surface area (Å²) in [6.07, 6.45) is -4.03. The van der Waals surface area contributed by atoms with E-state index in [1.54, 1.807) is 6.07 Å². The fourth-order valence-electron chi connectivity index (χ4n) is 3.51. The average Bonchev–Trinajstić information content (AvgIpc) is 3.26. The molecule has 0 radical (unpaired) electrons. The van der Waals surface area contributed by atoms with Gasteiger partial charge in [0, 0.05) is 11.6 Å². The van der Waals surface area contributed by atoms with Crippen molar-refractivity contribution in [1.29, 1.82) is 0 Å². The highest BCUT2D eigenvalue weighted by Crippen LogP contribution is 2.39. The standard InChI is InChI=1S/C18H20Cl2N5O6P/c19-10-4-2-1-3-9(10)7-21-15-12-16(24-18(20)23-15)25(8-22-12)17-14(27)13(26)11(31-17)5-6-32(28,29)30/h1-4,8,11,13-14,17,26-27H,5-7H2,(H,21,23,24)(H2,28,29,30)/t11-,13?,14?,17-/m1/s1. The number of aromatic nitrogens is 4. The Hall–Kier alpha value is -1.82. The fourth-order valence-corrected chi connectivity index (χ4v) is 4.47. The largest absolute Gasteiger partial charge is 0.388 e. The zero-order valence-corrected chi connectivity index (χ0v) is 18.8. The van der Waals surface area contributed by atoms with Crippen molar-refractivity contribution in [2.24, 2.45) is 0 Å². The van der Waals surface area contributed by atoms with Gasteiger partial charge in [-0.1, -0.05) is 29.8 Å². The highest BCUT2D eigenvalue weighted by Gasteiger charge is 2.44. The molecule has 0 saturated carbocycles. The smallest absolute Gasteiger partial charge is 0.325 e. The number of nitrogens with one attached hydrogen (secondary N) is 1.